The predicted octanol–water partition coefficient (Wildman–Crippen LogP) is 6.79. The fourth-order valence-corrected chi connectivity index (χ4v) is 4.36. The van der Waals surface area contributed by atoms with Crippen LogP contribution in [-0.4, -0.2) is 15.1 Å². The van der Waals surface area contributed by atoms with E-state index in [1.165, 1.54) is 6.07 Å². The van der Waals surface area contributed by atoms with Crippen molar-refractivity contribution in [3.8, 4) is 28.1 Å². The lowest BCUT2D eigenvalue weighted by molar-refractivity contribution is 0.475. The molecule has 4 nitrogen and oxygen atoms in total. The zero-order valence-corrected chi connectivity index (χ0v) is 18.2. The second-order valence-electron chi connectivity index (χ2n) is 7.64. The van der Waals surface area contributed by atoms with Crippen LogP contribution in [0.25, 0.3) is 32.6 Å². The first kappa shape index (κ1) is 20.2. The number of hydrogen-bond donors (Lipinski definition) is 2. The first-order chi connectivity index (χ1) is 15.6. The van der Waals surface area contributed by atoms with Gasteiger partial charge in [-0.25, -0.2) is 9.37 Å². The third-order valence-corrected chi connectivity index (χ3v) is 6.19. The predicted molar refractivity (Wildman–Crippen MR) is 128 cm³/mol. The van der Waals surface area contributed by atoms with E-state index >= 15 is 0 Å². The minimum absolute atomic E-state index is 0.228. The van der Waals surface area contributed by atoms with Gasteiger partial charge in [0, 0.05) is 17.7 Å². The molecule has 32 heavy (non-hydrogen) atoms. The Morgan fingerprint density at radius 1 is 0.938 bits per heavy atom. The van der Waals surface area contributed by atoms with E-state index in [1.807, 2.05) is 35.8 Å². The van der Waals surface area contributed by atoms with E-state index < -0.39 is 0 Å². The minimum Gasteiger partial charge on any atom is -0.508 e. The number of nitrogens with zero attached hydrogens (tertiary/aromatic N) is 2. The molecule has 0 atom stereocenters. The fraction of sp³-hybridized carbons (Fsp3) is 0.0769. The molecule has 0 bridgehead atoms. The highest BCUT2D eigenvalue weighted by molar-refractivity contribution is 7.16. The number of benzene rings is 3. The SMILES string of the molecule is Cc1cc(-c2ncc(NCc3ccc(O)cc3)cc2-c2ccc3ncsc3c2)ccc1F. The molecule has 0 fully saturated rings. The maximum absolute atomic E-state index is 13.9. The molecular weight excluding hydrogens is 421 g/mol. The van der Waals surface area contributed by atoms with Crippen LogP contribution in [0.2, 0.25) is 0 Å². The zero-order valence-electron chi connectivity index (χ0n) is 17.3. The lowest BCUT2D eigenvalue weighted by atomic mass is 9.97. The molecule has 0 saturated heterocycles. The summed E-state index contributed by atoms with van der Waals surface area (Å²) in [5.41, 5.74) is 8.97. The van der Waals surface area contributed by atoms with Crippen LogP contribution in [0.1, 0.15) is 11.1 Å². The summed E-state index contributed by atoms with van der Waals surface area (Å²) < 4.78 is 15.0. The third-order valence-electron chi connectivity index (χ3n) is 5.39. The molecule has 0 spiro atoms. The number of fused-ring (bicyclic) bond motifs is 1. The Bertz CT molecular complexity index is 1410. The first-order valence-electron chi connectivity index (χ1n) is 10.2. The van der Waals surface area contributed by atoms with E-state index in [1.54, 1.807) is 42.7 Å². The van der Waals surface area contributed by atoms with Crippen LogP contribution < -0.4 is 5.32 Å². The Morgan fingerprint density at radius 2 is 1.75 bits per heavy atom. The number of phenolic OH excluding ortho intramolecular Hbond substituents is 1. The number of anilines is 1. The average molecular weight is 442 g/mol. The summed E-state index contributed by atoms with van der Waals surface area (Å²) in [5, 5.41) is 12.9. The Kier molecular flexibility index (Phi) is 5.29. The average Bonchev–Trinajstić information content (AvgIpc) is 3.28. The molecule has 6 heteroatoms. The summed E-state index contributed by atoms with van der Waals surface area (Å²) in [7, 11) is 0. The van der Waals surface area contributed by atoms with Crippen molar-refractivity contribution in [3.63, 3.8) is 0 Å². The molecule has 5 rings (SSSR count). The van der Waals surface area contributed by atoms with E-state index in [0.717, 1.165) is 43.9 Å². The van der Waals surface area contributed by atoms with Gasteiger partial charge < -0.3 is 10.4 Å². The molecule has 0 aliphatic heterocycles. The first-order valence-corrected chi connectivity index (χ1v) is 11.1. The number of phenols is 1. The highest BCUT2D eigenvalue weighted by atomic mass is 32.1. The van der Waals surface area contributed by atoms with Crippen LogP contribution in [0.4, 0.5) is 10.1 Å². The summed E-state index contributed by atoms with van der Waals surface area (Å²) in [6.45, 7) is 2.36. The van der Waals surface area contributed by atoms with Gasteiger partial charge in [0.05, 0.1) is 33.3 Å². The van der Waals surface area contributed by atoms with Crippen molar-refractivity contribution >= 4 is 27.2 Å². The summed E-state index contributed by atoms with van der Waals surface area (Å²) in [4.78, 5) is 9.13. The molecule has 158 valence electrons. The van der Waals surface area contributed by atoms with Crippen molar-refractivity contribution in [3.05, 3.63) is 95.4 Å². The van der Waals surface area contributed by atoms with E-state index in [0.29, 0.717) is 12.1 Å². The smallest absolute Gasteiger partial charge is 0.126 e. The van der Waals surface area contributed by atoms with Gasteiger partial charge in [-0.2, -0.15) is 0 Å². The summed E-state index contributed by atoms with van der Waals surface area (Å²) in [5.74, 6) is 0.0173. The molecule has 2 heterocycles. The van der Waals surface area contributed by atoms with Gasteiger partial charge in [-0.1, -0.05) is 18.2 Å². The van der Waals surface area contributed by atoms with Crippen LogP contribution in [0, 0.1) is 12.7 Å². The van der Waals surface area contributed by atoms with Crippen molar-refractivity contribution in [2.24, 2.45) is 0 Å². The van der Waals surface area contributed by atoms with Crippen LogP contribution in [0.3, 0.4) is 0 Å². The summed E-state index contributed by atoms with van der Waals surface area (Å²) in [6.07, 6.45) is 1.79. The van der Waals surface area contributed by atoms with Crippen LogP contribution >= 0.6 is 11.3 Å². The molecule has 0 saturated carbocycles. The molecular formula is C26H20FN3OS. The number of aryl methyl sites for hydroxylation is 1. The highest BCUT2D eigenvalue weighted by Gasteiger charge is 2.13. The number of rotatable bonds is 5. The normalized spacial score (nSPS) is 11.1. The number of halogens is 1. The number of hydrogen-bond acceptors (Lipinski definition) is 5. The second kappa shape index (κ2) is 8.40. The van der Waals surface area contributed by atoms with Gasteiger partial charge in [0.25, 0.3) is 0 Å². The molecule has 0 unspecified atom stereocenters. The van der Waals surface area contributed by atoms with Gasteiger partial charge >= 0.3 is 0 Å². The Labute approximate surface area is 189 Å². The number of nitrogens with one attached hydrogen (secondary N) is 1. The van der Waals surface area contributed by atoms with E-state index in [4.69, 9.17) is 4.98 Å². The Hall–Kier alpha value is -3.77. The van der Waals surface area contributed by atoms with Gasteiger partial charge in [0.15, 0.2) is 0 Å². The molecule has 0 amide bonds. The topological polar surface area (TPSA) is 58.0 Å². The molecule has 5 aromatic rings. The van der Waals surface area contributed by atoms with Crippen LogP contribution in [-0.2, 0) is 6.54 Å². The molecule has 2 N–H and O–H groups in total. The lowest BCUT2D eigenvalue weighted by Crippen LogP contribution is -2.01. The van der Waals surface area contributed by atoms with Crippen LogP contribution in [0.5, 0.6) is 5.75 Å². The lowest BCUT2D eigenvalue weighted by Gasteiger charge is -2.14. The quantitative estimate of drug-likeness (QED) is 0.315. The largest absolute Gasteiger partial charge is 0.508 e. The molecule has 0 aliphatic rings. The number of thiazole rings is 1. The monoisotopic (exact) mass is 441 g/mol. The number of aromatic hydroxyl groups is 1. The maximum Gasteiger partial charge on any atom is 0.126 e. The second-order valence-corrected chi connectivity index (χ2v) is 8.53. The minimum atomic E-state index is -0.228. The van der Waals surface area contributed by atoms with Crippen molar-refractivity contribution in [2.75, 3.05) is 5.32 Å². The standard InChI is InChI=1S/C26H20FN3OS/c1-16-10-19(4-8-23(16)27)26-22(18-5-9-24-25(11-18)32-15-30-24)12-20(14-29-26)28-13-17-2-6-21(31)7-3-17/h2-12,14-15,28,31H,13H2,1H3. The molecule has 3 aromatic carbocycles. The van der Waals surface area contributed by atoms with Crippen molar-refractivity contribution < 1.29 is 9.50 Å². The summed E-state index contributed by atoms with van der Waals surface area (Å²) in [6, 6.07) is 20.4. The maximum atomic E-state index is 13.9. The van der Waals surface area contributed by atoms with Gasteiger partial charge in [-0.15, -0.1) is 11.3 Å². The van der Waals surface area contributed by atoms with Gasteiger partial charge in [0.2, 0.25) is 0 Å². The van der Waals surface area contributed by atoms with E-state index in [2.05, 4.69) is 22.4 Å². The van der Waals surface area contributed by atoms with Crippen molar-refractivity contribution in [1.82, 2.24) is 9.97 Å². The van der Waals surface area contributed by atoms with Gasteiger partial charge in [0.1, 0.15) is 11.6 Å². The number of aromatic nitrogens is 2. The zero-order chi connectivity index (χ0) is 22.1. The third kappa shape index (κ3) is 4.05. The summed E-state index contributed by atoms with van der Waals surface area (Å²) >= 11 is 1.60. The van der Waals surface area contributed by atoms with Crippen molar-refractivity contribution in [1.29, 1.82) is 0 Å². The van der Waals surface area contributed by atoms with E-state index in [-0.39, 0.29) is 11.6 Å². The Morgan fingerprint density at radius 3 is 2.56 bits per heavy atom. The van der Waals surface area contributed by atoms with Crippen molar-refractivity contribution in [2.45, 2.75) is 13.5 Å². The molecule has 0 aliphatic carbocycles. The molecule has 0 radical (unpaired) electrons. The van der Waals surface area contributed by atoms with E-state index in [9.17, 15) is 9.50 Å². The highest BCUT2D eigenvalue weighted by Crippen LogP contribution is 2.35. The van der Waals surface area contributed by atoms with Crippen LogP contribution in [0.15, 0.2) is 78.4 Å². The fourth-order valence-electron chi connectivity index (χ4n) is 3.64. The molecule has 2 aromatic heterocycles. The number of pyridine rings is 1. The Balaban J connectivity index is 1.56. The van der Waals surface area contributed by atoms with Gasteiger partial charge in [-0.3, -0.25) is 4.98 Å². The van der Waals surface area contributed by atoms with Gasteiger partial charge in [-0.05, 0) is 72.1 Å².